The SMILES string of the molecule is CCn1cc(-c2nc(C(=O)Nc3cc(N)ccc3N3CCCC(N)C3)cs2)cn1. The number of anilines is 3. The molecule has 152 valence electrons. The lowest BCUT2D eigenvalue weighted by atomic mass is 10.1. The zero-order valence-corrected chi connectivity index (χ0v) is 17.2. The monoisotopic (exact) mass is 411 g/mol. The number of nitrogen functional groups attached to an aromatic ring is 1. The van der Waals surface area contributed by atoms with Gasteiger partial charge in [-0.25, -0.2) is 4.98 Å². The van der Waals surface area contributed by atoms with Crippen molar-refractivity contribution < 1.29 is 4.79 Å². The number of aryl methyl sites for hydroxylation is 1. The molecule has 1 amide bonds. The van der Waals surface area contributed by atoms with Gasteiger partial charge in [-0.2, -0.15) is 5.10 Å². The second-order valence-corrected chi connectivity index (χ2v) is 8.06. The van der Waals surface area contributed by atoms with E-state index in [9.17, 15) is 4.79 Å². The van der Waals surface area contributed by atoms with Crippen LogP contribution in [0.5, 0.6) is 0 Å². The number of hydrogen-bond acceptors (Lipinski definition) is 7. The third-order valence-corrected chi connectivity index (χ3v) is 5.90. The van der Waals surface area contributed by atoms with Crippen LogP contribution in [-0.2, 0) is 6.54 Å². The molecule has 3 heterocycles. The Hall–Kier alpha value is -2.91. The van der Waals surface area contributed by atoms with Crippen molar-refractivity contribution in [1.29, 1.82) is 0 Å². The van der Waals surface area contributed by atoms with Crippen molar-refractivity contribution in [2.75, 3.05) is 29.0 Å². The highest BCUT2D eigenvalue weighted by molar-refractivity contribution is 7.13. The average Bonchev–Trinajstić information content (AvgIpc) is 3.37. The summed E-state index contributed by atoms with van der Waals surface area (Å²) in [4.78, 5) is 19.6. The van der Waals surface area contributed by atoms with Crippen LogP contribution in [0.2, 0.25) is 0 Å². The molecule has 0 aliphatic carbocycles. The smallest absolute Gasteiger partial charge is 0.275 e. The molecular weight excluding hydrogens is 386 g/mol. The summed E-state index contributed by atoms with van der Waals surface area (Å²) >= 11 is 1.42. The molecule has 0 radical (unpaired) electrons. The van der Waals surface area contributed by atoms with Crippen molar-refractivity contribution in [2.45, 2.75) is 32.4 Å². The van der Waals surface area contributed by atoms with Crippen LogP contribution in [0.3, 0.4) is 0 Å². The predicted octanol–water partition coefficient (Wildman–Crippen LogP) is 2.79. The molecule has 1 aliphatic rings. The second kappa shape index (κ2) is 8.22. The lowest BCUT2D eigenvalue weighted by molar-refractivity contribution is 0.102. The van der Waals surface area contributed by atoms with Crippen molar-refractivity contribution in [3.8, 4) is 10.6 Å². The Morgan fingerprint density at radius 2 is 2.28 bits per heavy atom. The van der Waals surface area contributed by atoms with Gasteiger partial charge < -0.3 is 21.7 Å². The fourth-order valence-corrected chi connectivity index (χ4v) is 4.28. The number of hydrogen-bond donors (Lipinski definition) is 3. The Balaban J connectivity index is 1.55. The number of rotatable bonds is 5. The van der Waals surface area contributed by atoms with Crippen LogP contribution in [0, 0.1) is 0 Å². The van der Waals surface area contributed by atoms with Crippen LogP contribution in [-0.4, -0.2) is 39.8 Å². The van der Waals surface area contributed by atoms with Gasteiger partial charge in [0.05, 0.1) is 17.6 Å². The van der Waals surface area contributed by atoms with Crippen LogP contribution in [0.4, 0.5) is 17.1 Å². The molecule has 0 saturated carbocycles. The molecule has 3 aromatic rings. The van der Waals surface area contributed by atoms with Gasteiger partial charge in [-0.3, -0.25) is 9.48 Å². The topological polar surface area (TPSA) is 115 Å². The van der Waals surface area contributed by atoms with E-state index in [1.165, 1.54) is 11.3 Å². The Kier molecular flexibility index (Phi) is 5.50. The third-order valence-electron chi connectivity index (χ3n) is 5.01. The zero-order valence-electron chi connectivity index (χ0n) is 16.3. The first-order valence-corrected chi connectivity index (χ1v) is 10.6. The standard InChI is InChI=1S/C20H25N7OS/c1-2-27-10-13(9-23-27)20-25-17(12-29-20)19(28)24-16-8-14(21)5-6-18(16)26-7-3-4-15(22)11-26/h5-6,8-10,12,15H,2-4,7,11,21-22H2,1H3,(H,24,28). The van der Waals surface area contributed by atoms with Gasteiger partial charge in [0, 0.05) is 48.5 Å². The van der Waals surface area contributed by atoms with E-state index in [0.717, 1.165) is 48.7 Å². The summed E-state index contributed by atoms with van der Waals surface area (Å²) in [6, 6.07) is 5.70. The Morgan fingerprint density at radius 1 is 1.41 bits per heavy atom. The molecule has 1 atom stereocenters. The van der Waals surface area contributed by atoms with E-state index < -0.39 is 0 Å². The number of carbonyl (C=O) groups excluding carboxylic acids is 1. The Bertz CT molecular complexity index is 1010. The number of amides is 1. The quantitative estimate of drug-likeness (QED) is 0.556. The van der Waals surface area contributed by atoms with Gasteiger partial charge >= 0.3 is 0 Å². The molecule has 1 saturated heterocycles. The first-order valence-electron chi connectivity index (χ1n) is 9.73. The number of carbonyl (C=O) groups is 1. The first kappa shape index (κ1) is 19.4. The molecule has 1 fully saturated rings. The lowest BCUT2D eigenvalue weighted by Crippen LogP contribution is -2.43. The average molecular weight is 412 g/mol. The Morgan fingerprint density at radius 3 is 3.03 bits per heavy atom. The van der Waals surface area contributed by atoms with E-state index in [4.69, 9.17) is 11.5 Å². The van der Waals surface area contributed by atoms with Crippen LogP contribution in [0.15, 0.2) is 36.0 Å². The highest BCUT2D eigenvalue weighted by Crippen LogP contribution is 2.31. The van der Waals surface area contributed by atoms with Gasteiger partial charge in [-0.1, -0.05) is 0 Å². The largest absolute Gasteiger partial charge is 0.399 e. The minimum absolute atomic E-state index is 0.134. The number of nitrogens with two attached hydrogens (primary N) is 2. The lowest BCUT2D eigenvalue weighted by Gasteiger charge is -2.34. The first-order chi connectivity index (χ1) is 14.0. The van der Waals surface area contributed by atoms with Crippen LogP contribution >= 0.6 is 11.3 Å². The van der Waals surface area contributed by atoms with Crippen molar-refractivity contribution in [3.05, 3.63) is 41.7 Å². The van der Waals surface area contributed by atoms with Crippen molar-refractivity contribution in [2.24, 2.45) is 5.73 Å². The second-order valence-electron chi connectivity index (χ2n) is 7.20. The van der Waals surface area contributed by atoms with Crippen molar-refractivity contribution >= 4 is 34.3 Å². The fraction of sp³-hybridized carbons (Fsp3) is 0.350. The molecule has 0 spiro atoms. The summed E-state index contributed by atoms with van der Waals surface area (Å²) in [5.41, 5.74) is 15.6. The maximum Gasteiger partial charge on any atom is 0.275 e. The zero-order chi connectivity index (χ0) is 20.4. The van der Waals surface area contributed by atoms with Gasteiger partial charge in [0.2, 0.25) is 0 Å². The van der Waals surface area contributed by atoms with Gasteiger partial charge in [-0.15, -0.1) is 11.3 Å². The molecule has 9 heteroatoms. The van der Waals surface area contributed by atoms with Gasteiger partial charge in [-0.05, 0) is 38.0 Å². The summed E-state index contributed by atoms with van der Waals surface area (Å²) in [6.45, 7) is 4.48. The molecule has 29 heavy (non-hydrogen) atoms. The molecule has 8 nitrogen and oxygen atoms in total. The highest BCUT2D eigenvalue weighted by atomic mass is 32.1. The van der Waals surface area contributed by atoms with E-state index in [-0.39, 0.29) is 11.9 Å². The molecular formula is C20H25N7OS. The molecule has 1 aromatic carbocycles. The van der Waals surface area contributed by atoms with Crippen LogP contribution in [0.1, 0.15) is 30.3 Å². The molecule has 0 bridgehead atoms. The summed E-state index contributed by atoms with van der Waals surface area (Å²) < 4.78 is 1.83. The number of aromatic nitrogens is 3. The number of piperidine rings is 1. The third kappa shape index (κ3) is 4.25. The van der Waals surface area contributed by atoms with E-state index in [0.29, 0.717) is 17.1 Å². The number of benzene rings is 1. The van der Waals surface area contributed by atoms with E-state index >= 15 is 0 Å². The molecule has 5 N–H and O–H groups in total. The highest BCUT2D eigenvalue weighted by Gasteiger charge is 2.21. The summed E-state index contributed by atoms with van der Waals surface area (Å²) in [7, 11) is 0. The molecule has 1 aliphatic heterocycles. The van der Waals surface area contributed by atoms with Crippen molar-refractivity contribution in [1.82, 2.24) is 14.8 Å². The summed E-state index contributed by atoms with van der Waals surface area (Å²) in [5, 5.41) is 9.78. The van der Waals surface area contributed by atoms with Crippen molar-refractivity contribution in [3.63, 3.8) is 0 Å². The summed E-state index contributed by atoms with van der Waals surface area (Å²) in [5.74, 6) is -0.261. The van der Waals surface area contributed by atoms with Crippen LogP contribution in [0.25, 0.3) is 10.6 Å². The van der Waals surface area contributed by atoms with E-state index in [1.54, 1.807) is 17.6 Å². The molecule has 1 unspecified atom stereocenters. The maximum atomic E-state index is 12.9. The number of nitrogens with one attached hydrogen (secondary N) is 1. The van der Waals surface area contributed by atoms with E-state index in [2.05, 4.69) is 20.3 Å². The Labute approximate surface area is 173 Å². The molecule has 4 rings (SSSR count). The normalized spacial score (nSPS) is 16.8. The van der Waals surface area contributed by atoms with E-state index in [1.807, 2.05) is 29.9 Å². The fourth-order valence-electron chi connectivity index (χ4n) is 3.50. The minimum Gasteiger partial charge on any atom is -0.399 e. The number of thiazole rings is 1. The number of nitrogens with zero attached hydrogens (tertiary/aromatic N) is 4. The minimum atomic E-state index is -0.261. The van der Waals surface area contributed by atoms with Gasteiger partial charge in [0.15, 0.2) is 0 Å². The molecule has 2 aromatic heterocycles. The van der Waals surface area contributed by atoms with Gasteiger partial charge in [0.1, 0.15) is 10.7 Å². The van der Waals surface area contributed by atoms with Crippen LogP contribution < -0.4 is 21.7 Å². The maximum absolute atomic E-state index is 12.9. The van der Waals surface area contributed by atoms with Gasteiger partial charge in [0.25, 0.3) is 5.91 Å². The summed E-state index contributed by atoms with van der Waals surface area (Å²) in [6.07, 6.45) is 5.74. The predicted molar refractivity (Wildman–Crippen MR) is 117 cm³/mol.